The molecule has 1 aliphatic rings. The summed E-state index contributed by atoms with van der Waals surface area (Å²) in [5, 5.41) is 4.13. The van der Waals surface area contributed by atoms with Crippen LogP contribution in [0.15, 0.2) is 15.9 Å². The minimum absolute atomic E-state index is 0.203. The Labute approximate surface area is 123 Å². The molecular weight excluding hydrogens is 332 g/mol. The smallest absolute Gasteiger partial charge is 0.277 e. The Hall–Kier alpha value is -1.21. The van der Waals surface area contributed by atoms with Gasteiger partial charge in [-0.2, -0.15) is 0 Å². The van der Waals surface area contributed by atoms with Crippen molar-refractivity contribution < 1.29 is 14.4 Å². The number of carbonyl (C=O) groups excluding carboxylic acids is 3. The number of urea groups is 1. The summed E-state index contributed by atoms with van der Waals surface area (Å²) < 4.78 is 0.915. The van der Waals surface area contributed by atoms with Crippen molar-refractivity contribution in [2.75, 3.05) is 0 Å². The molecule has 1 fully saturated rings. The van der Waals surface area contributed by atoms with Crippen molar-refractivity contribution >= 4 is 45.1 Å². The van der Waals surface area contributed by atoms with Crippen LogP contribution in [-0.2, 0) is 16.1 Å². The Kier molecular flexibility index (Phi) is 4.36. The number of carbonyl (C=O) groups is 3. The highest BCUT2D eigenvalue weighted by Crippen LogP contribution is 2.24. The van der Waals surface area contributed by atoms with Gasteiger partial charge in [-0.15, -0.1) is 11.3 Å². The molecule has 2 rings (SSSR count). The Morgan fingerprint density at radius 2 is 2.16 bits per heavy atom. The third-order valence-corrected chi connectivity index (χ3v) is 4.55. The van der Waals surface area contributed by atoms with Crippen LogP contribution in [0.1, 0.15) is 24.6 Å². The third kappa shape index (κ3) is 3.03. The Bertz CT molecular complexity index is 529. The molecule has 0 bridgehead atoms. The van der Waals surface area contributed by atoms with Gasteiger partial charge < -0.3 is 0 Å². The summed E-state index contributed by atoms with van der Waals surface area (Å²) in [4.78, 5) is 37.5. The van der Waals surface area contributed by atoms with Crippen molar-refractivity contribution in [3.8, 4) is 0 Å². The van der Waals surface area contributed by atoms with E-state index in [1.807, 2.05) is 18.4 Å². The second-order valence-electron chi connectivity index (χ2n) is 4.29. The fourth-order valence-electron chi connectivity index (χ4n) is 1.95. The van der Waals surface area contributed by atoms with Gasteiger partial charge in [0, 0.05) is 14.7 Å². The summed E-state index contributed by atoms with van der Waals surface area (Å²) in [6, 6.07) is 1.23. The Morgan fingerprint density at radius 1 is 1.42 bits per heavy atom. The van der Waals surface area contributed by atoms with Gasteiger partial charge in [0.15, 0.2) is 0 Å². The van der Waals surface area contributed by atoms with Crippen LogP contribution in [0.3, 0.4) is 0 Å². The van der Waals surface area contributed by atoms with Crippen molar-refractivity contribution in [3.05, 3.63) is 20.8 Å². The molecule has 1 aromatic rings. The molecule has 0 aliphatic carbocycles. The molecular formula is C12H13BrN2O3S. The number of nitrogens with zero attached hydrogens (tertiary/aromatic N) is 1. The summed E-state index contributed by atoms with van der Waals surface area (Å²) in [5.74, 6) is -1.63. The first-order valence-corrected chi connectivity index (χ1v) is 7.59. The molecule has 0 radical (unpaired) electrons. The lowest BCUT2D eigenvalue weighted by Crippen LogP contribution is -2.57. The minimum atomic E-state index is -0.744. The van der Waals surface area contributed by atoms with E-state index in [-0.39, 0.29) is 6.54 Å². The number of imide groups is 2. The zero-order valence-electron chi connectivity index (χ0n) is 10.3. The second kappa shape index (κ2) is 5.83. The van der Waals surface area contributed by atoms with E-state index in [0.29, 0.717) is 6.42 Å². The van der Waals surface area contributed by atoms with Gasteiger partial charge in [-0.3, -0.25) is 19.8 Å². The van der Waals surface area contributed by atoms with Gasteiger partial charge in [0.05, 0.1) is 6.54 Å². The molecule has 0 saturated carbocycles. The van der Waals surface area contributed by atoms with E-state index in [9.17, 15) is 14.4 Å². The van der Waals surface area contributed by atoms with E-state index in [1.165, 1.54) is 11.3 Å². The topological polar surface area (TPSA) is 66.5 Å². The van der Waals surface area contributed by atoms with E-state index in [0.717, 1.165) is 20.7 Å². The Balaban J connectivity index is 2.16. The molecule has 2 heterocycles. The molecule has 7 heteroatoms. The van der Waals surface area contributed by atoms with Gasteiger partial charge in [0.1, 0.15) is 5.92 Å². The molecule has 0 spiro atoms. The highest BCUT2D eigenvalue weighted by molar-refractivity contribution is 9.10. The maximum absolute atomic E-state index is 12.2. The van der Waals surface area contributed by atoms with Gasteiger partial charge in [-0.25, -0.2) is 4.79 Å². The van der Waals surface area contributed by atoms with Crippen LogP contribution in [0.5, 0.6) is 0 Å². The van der Waals surface area contributed by atoms with Gasteiger partial charge in [0.2, 0.25) is 11.8 Å². The standard InChI is InChI=1S/C12H13BrN2O3S/c1-2-3-9-10(16)14-12(18)15(11(9)17)5-8-4-7(13)6-19-8/h4,6,9H,2-3,5H2,1H3,(H,14,16,18). The average Bonchev–Trinajstić information content (AvgIpc) is 2.76. The van der Waals surface area contributed by atoms with Crippen molar-refractivity contribution in [3.63, 3.8) is 0 Å². The zero-order chi connectivity index (χ0) is 14.0. The van der Waals surface area contributed by atoms with Gasteiger partial charge in [0.25, 0.3) is 0 Å². The van der Waals surface area contributed by atoms with Crippen LogP contribution in [0.4, 0.5) is 4.79 Å². The zero-order valence-corrected chi connectivity index (χ0v) is 12.7. The highest BCUT2D eigenvalue weighted by Gasteiger charge is 2.39. The first-order chi connectivity index (χ1) is 9.02. The summed E-state index contributed by atoms with van der Waals surface area (Å²) in [7, 11) is 0. The molecule has 5 nitrogen and oxygen atoms in total. The molecule has 1 saturated heterocycles. The lowest BCUT2D eigenvalue weighted by atomic mass is 9.99. The largest absolute Gasteiger partial charge is 0.331 e. The minimum Gasteiger partial charge on any atom is -0.277 e. The summed E-state index contributed by atoms with van der Waals surface area (Å²) in [6.45, 7) is 2.10. The fraction of sp³-hybridized carbons (Fsp3) is 0.417. The van der Waals surface area contributed by atoms with Crippen molar-refractivity contribution in [2.24, 2.45) is 5.92 Å². The molecule has 102 valence electrons. The maximum atomic E-state index is 12.2. The first kappa shape index (κ1) is 14.2. The second-order valence-corrected chi connectivity index (χ2v) is 6.20. The number of rotatable bonds is 4. The maximum Gasteiger partial charge on any atom is 0.331 e. The third-order valence-electron chi connectivity index (χ3n) is 2.87. The fourth-order valence-corrected chi connectivity index (χ4v) is 3.38. The molecule has 1 aliphatic heterocycles. The predicted octanol–water partition coefficient (Wildman–Crippen LogP) is 2.51. The number of barbiturate groups is 1. The van der Waals surface area contributed by atoms with E-state index in [4.69, 9.17) is 0 Å². The van der Waals surface area contributed by atoms with Gasteiger partial charge >= 0.3 is 6.03 Å². The van der Waals surface area contributed by atoms with Crippen LogP contribution in [0.25, 0.3) is 0 Å². The number of thiophene rings is 1. The molecule has 4 amide bonds. The molecule has 1 unspecified atom stereocenters. The van der Waals surface area contributed by atoms with Crippen LogP contribution < -0.4 is 5.32 Å². The summed E-state index contributed by atoms with van der Waals surface area (Å²) in [5.41, 5.74) is 0. The van der Waals surface area contributed by atoms with Crippen molar-refractivity contribution in [1.29, 1.82) is 0 Å². The van der Waals surface area contributed by atoms with Gasteiger partial charge in [-0.05, 0) is 28.4 Å². The van der Waals surface area contributed by atoms with Crippen LogP contribution in [0, 0.1) is 5.92 Å². The number of amides is 4. The monoisotopic (exact) mass is 344 g/mol. The van der Waals surface area contributed by atoms with Crippen molar-refractivity contribution in [1.82, 2.24) is 10.2 Å². The molecule has 1 aromatic heterocycles. The number of hydrogen-bond acceptors (Lipinski definition) is 4. The molecule has 1 N–H and O–H groups in total. The number of nitrogens with one attached hydrogen (secondary N) is 1. The number of halogens is 1. The first-order valence-electron chi connectivity index (χ1n) is 5.92. The number of hydrogen-bond donors (Lipinski definition) is 1. The summed E-state index contributed by atoms with van der Waals surface area (Å²) >= 11 is 4.78. The van der Waals surface area contributed by atoms with E-state index in [1.54, 1.807) is 0 Å². The van der Waals surface area contributed by atoms with Crippen LogP contribution in [-0.4, -0.2) is 22.7 Å². The lowest BCUT2D eigenvalue weighted by molar-refractivity contribution is -0.143. The van der Waals surface area contributed by atoms with Crippen LogP contribution >= 0.6 is 27.3 Å². The van der Waals surface area contributed by atoms with E-state index >= 15 is 0 Å². The predicted molar refractivity (Wildman–Crippen MR) is 74.5 cm³/mol. The average molecular weight is 345 g/mol. The summed E-state index contributed by atoms with van der Waals surface area (Å²) in [6.07, 6.45) is 1.18. The normalized spacial score (nSPS) is 19.8. The van der Waals surface area contributed by atoms with E-state index in [2.05, 4.69) is 21.2 Å². The highest BCUT2D eigenvalue weighted by atomic mass is 79.9. The lowest BCUT2D eigenvalue weighted by Gasteiger charge is -2.29. The van der Waals surface area contributed by atoms with E-state index < -0.39 is 23.8 Å². The molecule has 19 heavy (non-hydrogen) atoms. The SMILES string of the molecule is CCCC1C(=O)NC(=O)N(Cc2cc(Br)cs2)C1=O. The quantitative estimate of drug-likeness (QED) is 0.853. The molecule has 0 aromatic carbocycles. The molecule has 1 atom stereocenters. The van der Waals surface area contributed by atoms with Gasteiger partial charge in [-0.1, -0.05) is 13.3 Å². The van der Waals surface area contributed by atoms with Crippen molar-refractivity contribution in [2.45, 2.75) is 26.3 Å². The Morgan fingerprint density at radius 3 is 2.74 bits per heavy atom. The van der Waals surface area contributed by atoms with Crippen LogP contribution in [0.2, 0.25) is 0 Å².